The Balaban J connectivity index is 1.72. The molecule has 0 saturated heterocycles. The van der Waals surface area contributed by atoms with Gasteiger partial charge in [-0.2, -0.15) is 0 Å². The summed E-state index contributed by atoms with van der Waals surface area (Å²) in [6, 6.07) is 6.20. The minimum atomic E-state index is 0.724. The molecule has 2 aliphatic carbocycles. The van der Waals surface area contributed by atoms with Gasteiger partial charge in [-0.05, 0) is 55.7 Å². The number of nitrogens with zero attached hydrogens (tertiary/aromatic N) is 1. The van der Waals surface area contributed by atoms with Gasteiger partial charge in [0.15, 0.2) is 0 Å². The molecule has 102 valence electrons. The van der Waals surface area contributed by atoms with Crippen LogP contribution in [0.3, 0.4) is 0 Å². The van der Waals surface area contributed by atoms with Crippen molar-refractivity contribution in [3.05, 3.63) is 29.3 Å². The summed E-state index contributed by atoms with van der Waals surface area (Å²) in [4.78, 5) is 0. The van der Waals surface area contributed by atoms with Crippen LogP contribution in [-0.4, -0.2) is 17.5 Å². The van der Waals surface area contributed by atoms with E-state index in [0.717, 1.165) is 48.8 Å². The zero-order valence-electron chi connectivity index (χ0n) is 11.3. The second-order valence-corrected chi connectivity index (χ2v) is 5.68. The van der Waals surface area contributed by atoms with Gasteiger partial charge in [0, 0.05) is 5.56 Å². The molecule has 1 fully saturated rings. The van der Waals surface area contributed by atoms with Gasteiger partial charge in [-0.3, -0.25) is 0 Å². The van der Waals surface area contributed by atoms with Gasteiger partial charge in [0.1, 0.15) is 5.75 Å². The number of fused-ring (bicyclic) bond motifs is 1. The smallest absolute Gasteiger partial charge is 0.119 e. The number of oxime groups is 1. The summed E-state index contributed by atoms with van der Waals surface area (Å²) in [5.41, 5.74) is 3.14. The Hall–Kier alpha value is -1.51. The molecule has 3 rings (SSSR count). The minimum absolute atomic E-state index is 0.724. The molecule has 0 aliphatic heterocycles. The number of benzene rings is 1. The Bertz CT molecular complexity index is 476. The van der Waals surface area contributed by atoms with Crippen LogP contribution in [0.25, 0.3) is 0 Å². The first-order valence-electron chi connectivity index (χ1n) is 7.34. The summed E-state index contributed by atoms with van der Waals surface area (Å²) < 4.78 is 5.91. The lowest BCUT2D eigenvalue weighted by atomic mass is 9.90. The molecule has 1 aromatic rings. The van der Waals surface area contributed by atoms with Crippen LogP contribution in [0.4, 0.5) is 0 Å². The maximum absolute atomic E-state index is 9.08. The number of hydrogen-bond donors (Lipinski definition) is 1. The maximum atomic E-state index is 9.08. The van der Waals surface area contributed by atoms with Crippen LogP contribution < -0.4 is 4.74 Å². The fourth-order valence-corrected chi connectivity index (χ4v) is 3.21. The third-order valence-corrected chi connectivity index (χ3v) is 4.33. The van der Waals surface area contributed by atoms with E-state index in [0.29, 0.717) is 0 Å². The molecule has 1 aromatic carbocycles. The van der Waals surface area contributed by atoms with Gasteiger partial charge < -0.3 is 9.94 Å². The van der Waals surface area contributed by atoms with E-state index in [1.54, 1.807) is 0 Å². The van der Waals surface area contributed by atoms with Crippen molar-refractivity contribution in [2.75, 3.05) is 6.61 Å². The lowest BCUT2D eigenvalue weighted by Gasteiger charge is -2.18. The predicted molar refractivity (Wildman–Crippen MR) is 75.2 cm³/mol. The van der Waals surface area contributed by atoms with Crippen molar-refractivity contribution in [1.82, 2.24) is 0 Å². The average Bonchev–Trinajstić information content (AvgIpc) is 2.97. The molecule has 2 aliphatic rings. The van der Waals surface area contributed by atoms with Crippen molar-refractivity contribution in [1.29, 1.82) is 0 Å². The van der Waals surface area contributed by atoms with Gasteiger partial charge in [0.2, 0.25) is 0 Å². The van der Waals surface area contributed by atoms with E-state index in [2.05, 4.69) is 11.2 Å². The second kappa shape index (κ2) is 5.64. The molecule has 0 spiro atoms. The van der Waals surface area contributed by atoms with Crippen LogP contribution in [-0.2, 0) is 6.42 Å². The fourth-order valence-electron chi connectivity index (χ4n) is 3.21. The van der Waals surface area contributed by atoms with Crippen LogP contribution >= 0.6 is 0 Å². The number of aryl methyl sites for hydroxylation is 1. The largest absolute Gasteiger partial charge is 0.493 e. The Morgan fingerprint density at radius 1 is 1.16 bits per heavy atom. The molecule has 0 radical (unpaired) electrons. The molecule has 0 atom stereocenters. The van der Waals surface area contributed by atoms with Crippen LogP contribution in [0.15, 0.2) is 23.4 Å². The van der Waals surface area contributed by atoms with E-state index in [4.69, 9.17) is 9.94 Å². The van der Waals surface area contributed by atoms with Crippen molar-refractivity contribution in [3.8, 4) is 5.75 Å². The van der Waals surface area contributed by atoms with E-state index < -0.39 is 0 Å². The van der Waals surface area contributed by atoms with Gasteiger partial charge in [0.25, 0.3) is 0 Å². The second-order valence-electron chi connectivity index (χ2n) is 5.68. The number of ether oxygens (including phenoxy) is 1. The van der Waals surface area contributed by atoms with Gasteiger partial charge in [-0.15, -0.1) is 0 Å². The van der Waals surface area contributed by atoms with E-state index in [9.17, 15) is 0 Å². The van der Waals surface area contributed by atoms with Crippen molar-refractivity contribution in [2.45, 2.75) is 44.9 Å². The van der Waals surface area contributed by atoms with Crippen molar-refractivity contribution < 1.29 is 9.94 Å². The van der Waals surface area contributed by atoms with Gasteiger partial charge in [-0.1, -0.05) is 24.1 Å². The molecular formula is C16H21NO2. The highest BCUT2D eigenvalue weighted by Crippen LogP contribution is 2.28. The number of hydrogen-bond acceptors (Lipinski definition) is 3. The Labute approximate surface area is 114 Å². The van der Waals surface area contributed by atoms with E-state index in [1.165, 1.54) is 31.2 Å². The van der Waals surface area contributed by atoms with E-state index in [-0.39, 0.29) is 0 Å². The first-order valence-corrected chi connectivity index (χ1v) is 7.34. The molecule has 0 heterocycles. The zero-order chi connectivity index (χ0) is 13.1. The zero-order valence-corrected chi connectivity index (χ0v) is 11.3. The Morgan fingerprint density at radius 2 is 2.00 bits per heavy atom. The van der Waals surface area contributed by atoms with Gasteiger partial charge in [-0.25, -0.2) is 0 Å². The molecule has 1 N–H and O–H groups in total. The fraction of sp³-hybridized carbons (Fsp3) is 0.562. The van der Waals surface area contributed by atoms with Crippen LogP contribution in [0.5, 0.6) is 5.75 Å². The highest BCUT2D eigenvalue weighted by Gasteiger charge is 2.18. The maximum Gasteiger partial charge on any atom is 0.119 e. The molecule has 3 nitrogen and oxygen atoms in total. The third kappa shape index (κ3) is 2.75. The van der Waals surface area contributed by atoms with Gasteiger partial charge >= 0.3 is 0 Å². The Morgan fingerprint density at radius 3 is 2.79 bits per heavy atom. The molecule has 0 bridgehead atoms. The normalized spacial score (nSPS) is 21.6. The SMILES string of the molecule is O/N=C1/CCCc2ccc(OCC3CCCC3)cc21. The van der Waals surface area contributed by atoms with Crippen molar-refractivity contribution >= 4 is 5.71 Å². The highest BCUT2D eigenvalue weighted by molar-refractivity contribution is 6.02. The third-order valence-electron chi connectivity index (χ3n) is 4.33. The molecule has 0 aromatic heterocycles. The molecule has 19 heavy (non-hydrogen) atoms. The van der Waals surface area contributed by atoms with Crippen LogP contribution in [0.2, 0.25) is 0 Å². The van der Waals surface area contributed by atoms with Crippen LogP contribution in [0.1, 0.15) is 49.7 Å². The molecule has 0 amide bonds. The highest BCUT2D eigenvalue weighted by atomic mass is 16.5. The summed E-state index contributed by atoms with van der Waals surface area (Å²) in [6.45, 7) is 0.824. The minimum Gasteiger partial charge on any atom is -0.493 e. The first kappa shape index (κ1) is 12.5. The summed E-state index contributed by atoms with van der Waals surface area (Å²) in [5, 5.41) is 12.5. The van der Waals surface area contributed by atoms with Crippen molar-refractivity contribution in [3.63, 3.8) is 0 Å². The summed E-state index contributed by atoms with van der Waals surface area (Å²) in [6.07, 6.45) is 8.28. The monoisotopic (exact) mass is 259 g/mol. The first-order chi connectivity index (χ1) is 9.36. The van der Waals surface area contributed by atoms with E-state index in [1.807, 2.05) is 12.1 Å². The molecule has 1 saturated carbocycles. The number of rotatable bonds is 3. The summed E-state index contributed by atoms with van der Waals surface area (Å²) in [5.74, 6) is 1.63. The molecule has 0 unspecified atom stereocenters. The lowest BCUT2D eigenvalue weighted by molar-refractivity contribution is 0.252. The molecular weight excluding hydrogens is 238 g/mol. The average molecular weight is 259 g/mol. The van der Waals surface area contributed by atoms with Crippen molar-refractivity contribution in [2.24, 2.45) is 11.1 Å². The van der Waals surface area contributed by atoms with Crippen LogP contribution in [0, 0.1) is 5.92 Å². The lowest BCUT2D eigenvalue weighted by Crippen LogP contribution is -2.13. The predicted octanol–water partition coefficient (Wildman–Crippen LogP) is 3.77. The van der Waals surface area contributed by atoms with E-state index >= 15 is 0 Å². The van der Waals surface area contributed by atoms with Gasteiger partial charge in [0.05, 0.1) is 12.3 Å². The summed E-state index contributed by atoms with van der Waals surface area (Å²) >= 11 is 0. The topological polar surface area (TPSA) is 41.8 Å². The summed E-state index contributed by atoms with van der Waals surface area (Å²) in [7, 11) is 0. The molecule has 3 heteroatoms. The quantitative estimate of drug-likeness (QED) is 0.663. The Kier molecular flexibility index (Phi) is 3.72. The standard InChI is InChI=1S/C16H21NO2/c18-17-16-7-3-6-13-8-9-14(10-15(13)16)19-11-12-4-1-2-5-12/h8-10,12,18H,1-7,11H2/b17-16-.